The van der Waals surface area contributed by atoms with Gasteiger partial charge in [-0.05, 0) is 24.4 Å². The molecule has 0 aliphatic heterocycles. The van der Waals surface area contributed by atoms with Crippen LogP contribution in [0.15, 0.2) is 29.8 Å². The standard InChI is InChI=1S/C13H12F2N2OS/c1-2-17(8-9-4-3-7-19-9)13(18)10-5-6-16-12(15)11(10)14/h3-7H,2,8H2,1H3. The maximum Gasteiger partial charge on any atom is 0.257 e. The molecule has 6 heteroatoms. The van der Waals surface area contributed by atoms with Crippen molar-refractivity contribution in [2.45, 2.75) is 13.5 Å². The summed E-state index contributed by atoms with van der Waals surface area (Å²) >= 11 is 1.51. The van der Waals surface area contributed by atoms with Crippen molar-refractivity contribution in [2.24, 2.45) is 0 Å². The van der Waals surface area contributed by atoms with Gasteiger partial charge in [-0.3, -0.25) is 4.79 Å². The van der Waals surface area contributed by atoms with E-state index in [1.807, 2.05) is 17.5 Å². The van der Waals surface area contributed by atoms with Crippen LogP contribution < -0.4 is 0 Å². The SMILES string of the molecule is CCN(Cc1cccs1)C(=O)c1ccnc(F)c1F. The number of hydrogen-bond acceptors (Lipinski definition) is 3. The summed E-state index contributed by atoms with van der Waals surface area (Å²) < 4.78 is 26.6. The lowest BCUT2D eigenvalue weighted by molar-refractivity contribution is 0.0748. The van der Waals surface area contributed by atoms with Gasteiger partial charge in [-0.15, -0.1) is 11.3 Å². The minimum Gasteiger partial charge on any atom is -0.334 e. The second-order valence-corrected chi connectivity index (χ2v) is 4.89. The van der Waals surface area contributed by atoms with Crippen molar-refractivity contribution in [3.05, 3.63) is 52.0 Å². The zero-order valence-electron chi connectivity index (χ0n) is 10.3. The summed E-state index contributed by atoms with van der Waals surface area (Å²) in [5.41, 5.74) is -0.286. The molecule has 0 saturated heterocycles. The first-order chi connectivity index (χ1) is 9.13. The smallest absolute Gasteiger partial charge is 0.257 e. The average Bonchev–Trinajstić information content (AvgIpc) is 2.91. The number of carbonyl (C=O) groups excluding carboxylic acids is 1. The minimum atomic E-state index is -1.25. The molecule has 0 radical (unpaired) electrons. The van der Waals surface area contributed by atoms with Crippen LogP contribution in [0, 0.1) is 11.8 Å². The Balaban J connectivity index is 2.23. The number of pyridine rings is 1. The Morgan fingerprint density at radius 2 is 2.21 bits per heavy atom. The Morgan fingerprint density at radius 1 is 1.42 bits per heavy atom. The van der Waals surface area contributed by atoms with Crippen LogP contribution in [0.5, 0.6) is 0 Å². The molecule has 0 N–H and O–H groups in total. The molecule has 3 nitrogen and oxygen atoms in total. The summed E-state index contributed by atoms with van der Waals surface area (Å²) in [7, 11) is 0. The third kappa shape index (κ3) is 2.96. The maximum absolute atomic E-state index is 13.5. The molecule has 0 atom stereocenters. The minimum absolute atomic E-state index is 0.286. The summed E-state index contributed by atoms with van der Waals surface area (Å²) in [6.07, 6.45) is 1.09. The Kier molecular flexibility index (Phi) is 4.21. The van der Waals surface area contributed by atoms with E-state index in [9.17, 15) is 13.6 Å². The largest absolute Gasteiger partial charge is 0.334 e. The van der Waals surface area contributed by atoms with Crippen molar-refractivity contribution in [3.8, 4) is 0 Å². The first kappa shape index (κ1) is 13.6. The molecule has 100 valence electrons. The maximum atomic E-state index is 13.5. The Morgan fingerprint density at radius 3 is 2.84 bits per heavy atom. The molecule has 0 saturated carbocycles. The predicted octanol–water partition coefficient (Wildman–Crippen LogP) is 3.08. The molecule has 0 aliphatic carbocycles. The van der Waals surface area contributed by atoms with Crippen molar-refractivity contribution in [3.63, 3.8) is 0 Å². The van der Waals surface area contributed by atoms with E-state index in [0.717, 1.165) is 11.1 Å². The van der Waals surface area contributed by atoms with Crippen LogP contribution in [0.1, 0.15) is 22.2 Å². The topological polar surface area (TPSA) is 33.2 Å². The highest BCUT2D eigenvalue weighted by atomic mass is 32.1. The van der Waals surface area contributed by atoms with E-state index in [0.29, 0.717) is 13.1 Å². The fraction of sp³-hybridized carbons (Fsp3) is 0.231. The van der Waals surface area contributed by atoms with Gasteiger partial charge >= 0.3 is 0 Å². The van der Waals surface area contributed by atoms with Gasteiger partial charge in [0.2, 0.25) is 5.95 Å². The highest BCUT2D eigenvalue weighted by Crippen LogP contribution is 2.16. The number of halogens is 2. The number of rotatable bonds is 4. The van der Waals surface area contributed by atoms with Crippen molar-refractivity contribution in [1.82, 2.24) is 9.88 Å². The van der Waals surface area contributed by atoms with Gasteiger partial charge in [0.15, 0.2) is 5.82 Å². The molecule has 0 aromatic carbocycles. The van der Waals surface area contributed by atoms with E-state index in [4.69, 9.17) is 0 Å². The molecule has 2 aromatic rings. The molecule has 1 amide bonds. The second kappa shape index (κ2) is 5.88. The number of aromatic nitrogens is 1. The summed E-state index contributed by atoms with van der Waals surface area (Å²) in [6, 6.07) is 4.97. The van der Waals surface area contributed by atoms with E-state index in [2.05, 4.69) is 4.98 Å². The number of carbonyl (C=O) groups is 1. The quantitative estimate of drug-likeness (QED) is 0.807. The van der Waals surface area contributed by atoms with Crippen LogP contribution in [-0.4, -0.2) is 22.3 Å². The number of hydrogen-bond donors (Lipinski definition) is 0. The molecule has 0 spiro atoms. The van der Waals surface area contributed by atoms with Gasteiger partial charge in [0, 0.05) is 17.6 Å². The summed E-state index contributed by atoms with van der Waals surface area (Å²) in [6.45, 7) is 2.59. The van der Waals surface area contributed by atoms with Crippen LogP contribution in [0.3, 0.4) is 0 Å². The monoisotopic (exact) mass is 282 g/mol. The van der Waals surface area contributed by atoms with Crippen molar-refractivity contribution < 1.29 is 13.6 Å². The first-order valence-corrected chi connectivity index (χ1v) is 6.63. The van der Waals surface area contributed by atoms with Gasteiger partial charge in [-0.1, -0.05) is 6.07 Å². The van der Waals surface area contributed by atoms with Gasteiger partial charge in [-0.2, -0.15) is 4.39 Å². The lowest BCUT2D eigenvalue weighted by Crippen LogP contribution is -2.31. The van der Waals surface area contributed by atoms with E-state index in [1.54, 1.807) is 6.92 Å². The van der Waals surface area contributed by atoms with Crippen molar-refractivity contribution in [1.29, 1.82) is 0 Å². The third-order valence-corrected chi connectivity index (χ3v) is 3.53. The van der Waals surface area contributed by atoms with Gasteiger partial charge < -0.3 is 4.90 Å². The van der Waals surface area contributed by atoms with Gasteiger partial charge in [0.1, 0.15) is 0 Å². The fourth-order valence-corrected chi connectivity index (χ4v) is 2.39. The van der Waals surface area contributed by atoms with Gasteiger partial charge in [-0.25, -0.2) is 9.37 Å². The number of thiophene rings is 1. The molecule has 2 aromatic heterocycles. The van der Waals surface area contributed by atoms with Gasteiger partial charge in [0.05, 0.1) is 12.1 Å². The molecular formula is C13H12F2N2OS. The first-order valence-electron chi connectivity index (χ1n) is 5.75. The normalized spacial score (nSPS) is 10.5. The van der Waals surface area contributed by atoms with E-state index < -0.39 is 17.7 Å². The second-order valence-electron chi connectivity index (χ2n) is 3.86. The Labute approximate surface area is 113 Å². The predicted molar refractivity (Wildman–Crippen MR) is 68.9 cm³/mol. The molecule has 0 aliphatic rings. The average molecular weight is 282 g/mol. The van der Waals surface area contributed by atoms with Crippen LogP contribution in [0.4, 0.5) is 8.78 Å². The Hall–Kier alpha value is -1.82. The molecule has 0 unspecified atom stereocenters. The molecule has 0 bridgehead atoms. The van der Waals surface area contributed by atoms with Gasteiger partial charge in [0.25, 0.3) is 5.91 Å². The summed E-state index contributed by atoms with van der Waals surface area (Å²) in [4.78, 5) is 17.8. The van der Waals surface area contributed by atoms with Crippen molar-refractivity contribution in [2.75, 3.05) is 6.54 Å². The van der Waals surface area contributed by atoms with E-state index in [-0.39, 0.29) is 5.56 Å². The lowest BCUT2D eigenvalue weighted by atomic mass is 10.2. The zero-order valence-corrected chi connectivity index (χ0v) is 11.1. The molecule has 19 heavy (non-hydrogen) atoms. The van der Waals surface area contributed by atoms with Crippen LogP contribution in [-0.2, 0) is 6.54 Å². The zero-order chi connectivity index (χ0) is 13.8. The van der Waals surface area contributed by atoms with Crippen LogP contribution in [0.25, 0.3) is 0 Å². The molecule has 0 fully saturated rings. The molecule has 2 heterocycles. The summed E-state index contributed by atoms with van der Waals surface area (Å²) in [5.74, 6) is -2.98. The van der Waals surface area contributed by atoms with E-state index >= 15 is 0 Å². The van der Waals surface area contributed by atoms with Crippen molar-refractivity contribution >= 4 is 17.2 Å². The van der Waals surface area contributed by atoms with Crippen LogP contribution in [0.2, 0.25) is 0 Å². The number of nitrogens with zero attached hydrogens (tertiary/aromatic N) is 2. The lowest BCUT2D eigenvalue weighted by Gasteiger charge is -2.20. The van der Waals surface area contributed by atoms with E-state index in [1.165, 1.54) is 22.3 Å². The Bertz CT molecular complexity index is 572. The molecule has 2 rings (SSSR count). The fourth-order valence-electron chi connectivity index (χ4n) is 1.67. The van der Waals surface area contributed by atoms with Crippen LogP contribution >= 0.6 is 11.3 Å². The summed E-state index contributed by atoms with van der Waals surface area (Å²) in [5, 5.41) is 1.90. The number of amides is 1. The molecular weight excluding hydrogens is 270 g/mol. The highest BCUT2D eigenvalue weighted by Gasteiger charge is 2.21. The third-order valence-electron chi connectivity index (χ3n) is 2.67. The highest BCUT2D eigenvalue weighted by molar-refractivity contribution is 7.09.